The Morgan fingerprint density at radius 2 is 1.93 bits per heavy atom. The monoisotopic (exact) mass is 427 g/mol. The SMILES string of the molecule is CN=C(NCCS(=O)(=O)NCC1CCC1)N1CCN(c2ccccc2Cl)CC1. The second-order valence-electron chi connectivity index (χ2n) is 7.36. The van der Waals surface area contributed by atoms with Crippen LogP contribution in [0.4, 0.5) is 5.69 Å². The van der Waals surface area contributed by atoms with Crippen molar-refractivity contribution in [1.29, 1.82) is 0 Å². The van der Waals surface area contributed by atoms with Gasteiger partial charge >= 0.3 is 0 Å². The number of halogens is 1. The summed E-state index contributed by atoms with van der Waals surface area (Å²) in [4.78, 5) is 8.73. The number of piperazine rings is 1. The zero-order valence-electron chi connectivity index (χ0n) is 16.4. The first-order valence-electron chi connectivity index (χ1n) is 9.91. The molecule has 156 valence electrons. The Hall–Kier alpha value is -1.51. The van der Waals surface area contributed by atoms with Gasteiger partial charge < -0.3 is 15.1 Å². The van der Waals surface area contributed by atoms with Crippen LogP contribution in [0, 0.1) is 5.92 Å². The van der Waals surface area contributed by atoms with E-state index in [9.17, 15) is 8.42 Å². The molecule has 7 nitrogen and oxygen atoms in total. The van der Waals surface area contributed by atoms with E-state index in [4.69, 9.17) is 11.6 Å². The van der Waals surface area contributed by atoms with Crippen LogP contribution in [0.15, 0.2) is 29.3 Å². The molecule has 1 saturated heterocycles. The lowest BCUT2D eigenvalue weighted by Crippen LogP contribution is -2.53. The van der Waals surface area contributed by atoms with Crippen molar-refractivity contribution in [3.05, 3.63) is 29.3 Å². The van der Waals surface area contributed by atoms with Crippen molar-refractivity contribution in [2.75, 3.05) is 57.0 Å². The van der Waals surface area contributed by atoms with Gasteiger partial charge in [0.2, 0.25) is 10.0 Å². The van der Waals surface area contributed by atoms with Gasteiger partial charge in [0, 0.05) is 46.3 Å². The number of nitrogens with one attached hydrogen (secondary N) is 2. The molecule has 1 heterocycles. The van der Waals surface area contributed by atoms with Crippen molar-refractivity contribution >= 4 is 33.3 Å². The normalized spacial score (nSPS) is 18.9. The Labute approximate surface area is 173 Å². The Bertz CT molecular complexity index is 774. The van der Waals surface area contributed by atoms with Gasteiger partial charge in [-0.2, -0.15) is 0 Å². The zero-order valence-corrected chi connectivity index (χ0v) is 18.0. The second-order valence-corrected chi connectivity index (χ2v) is 9.70. The fraction of sp³-hybridized carbons (Fsp3) is 0.632. The van der Waals surface area contributed by atoms with Crippen LogP contribution in [0.3, 0.4) is 0 Å². The summed E-state index contributed by atoms with van der Waals surface area (Å²) in [5.41, 5.74) is 1.05. The summed E-state index contributed by atoms with van der Waals surface area (Å²) < 4.78 is 27.0. The average molecular weight is 428 g/mol. The summed E-state index contributed by atoms with van der Waals surface area (Å²) in [7, 11) is -1.52. The van der Waals surface area contributed by atoms with Gasteiger partial charge in [-0.15, -0.1) is 0 Å². The van der Waals surface area contributed by atoms with Crippen molar-refractivity contribution in [3.8, 4) is 0 Å². The first kappa shape index (κ1) is 21.2. The van der Waals surface area contributed by atoms with E-state index in [2.05, 4.69) is 24.8 Å². The van der Waals surface area contributed by atoms with Crippen molar-refractivity contribution in [2.45, 2.75) is 19.3 Å². The van der Waals surface area contributed by atoms with E-state index in [0.717, 1.165) is 55.7 Å². The van der Waals surface area contributed by atoms with Gasteiger partial charge in [0.05, 0.1) is 16.5 Å². The number of sulfonamides is 1. The van der Waals surface area contributed by atoms with E-state index in [0.29, 0.717) is 19.0 Å². The number of nitrogens with zero attached hydrogens (tertiary/aromatic N) is 3. The topological polar surface area (TPSA) is 77.0 Å². The molecule has 0 unspecified atom stereocenters. The Morgan fingerprint density at radius 3 is 2.54 bits per heavy atom. The van der Waals surface area contributed by atoms with Crippen molar-refractivity contribution < 1.29 is 8.42 Å². The maximum Gasteiger partial charge on any atom is 0.213 e. The summed E-state index contributed by atoms with van der Waals surface area (Å²) in [6, 6.07) is 7.87. The second kappa shape index (κ2) is 9.80. The molecular formula is C19H30ClN5O2S. The van der Waals surface area contributed by atoms with Crippen molar-refractivity contribution in [3.63, 3.8) is 0 Å². The Balaban J connectivity index is 1.42. The molecule has 1 aromatic carbocycles. The number of aliphatic imine (C=N–C) groups is 1. The van der Waals surface area contributed by atoms with Gasteiger partial charge in [-0.3, -0.25) is 4.99 Å². The molecule has 2 fully saturated rings. The lowest BCUT2D eigenvalue weighted by molar-refractivity contribution is 0.316. The molecule has 9 heteroatoms. The lowest BCUT2D eigenvalue weighted by atomic mass is 9.86. The molecule has 3 rings (SSSR count). The molecule has 0 aromatic heterocycles. The molecular weight excluding hydrogens is 398 g/mol. The molecule has 0 spiro atoms. The van der Waals surface area contributed by atoms with E-state index in [1.54, 1.807) is 7.05 Å². The minimum absolute atomic E-state index is 0.0539. The Morgan fingerprint density at radius 1 is 1.21 bits per heavy atom. The number of anilines is 1. The van der Waals surface area contributed by atoms with Gasteiger partial charge in [-0.1, -0.05) is 30.2 Å². The summed E-state index contributed by atoms with van der Waals surface area (Å²) in [6.45, 7) is 4.20. The minimum Gasteiger partial charge on any atom is -0.367 e. The van der Waals surface area contributed by atoms with Crippen LogP contribution >= 0.6 is 11.6 Å². The summed E-state index contributed by atoms with van der Waals surface area (Å²) in [5, 5.41) is 3.95. The highest BCUT2D eigenvalue weighted by molar-refractivity contribution is 7.89. The maximum atomic E-state index is 12.1. The van der Waals surface area contributed by atoms with Crippen LogP contribution in [0.2, 0.25) is 5.02 Å². The molecule has 2 aliphatic rings. The number of hydrogen-bond donors (Lipinski definition) is 2. The molecule has 28 heavy (non-hydrogen) atoms. The van der Waals surface area contributed by atoms with Crippen LogP contribution in [-0.2, 0) is 10.0 Å². The fourth-order valence-electron chi connectivity index (χ4n) is 3.51. The first-order chi connectivity index (χ1) is 13.5. The predicted molar refractivity (Wildman–Crippen MR) is 116 cm³/mol. The van der Waals surface area contributed by atoms with E-state index in [1.807, 2.05) is 24.3 Å². The van der Waals surface area contributed by atoms with Gasteiger partial charge in [-0.25, -0.2) is 13.1 Å². The number of rotatable bonds is 7. The van der Waals surface area contributed by atoms with Gasteiger partial charge in [0.25, 0.3) is 0 Å². The minimum atomic E-state index is -3.25. The van der Waals surface area contributed by atoms with Gasteiger partial charge in [-0.05, 0) is 30.9 Å². The number of guanidine groups is 1. The molecule has 0 amide bonds. The quantitative estimate of drug-likeness (QED) is 0.512. The number of benzene rings is 1. The van der Waals surface area contributed by atoms with Crippen LogP contribution in [-0.4, -0.2) is 71.3 Å². The molecule has 1 aliphatic carbocycles. The molecule has 1 aliphatic heterocycles. The highest BCUT2D eigenvalue weighted by atomic mass is 35.5. The molecule has 0 atom stereocenters. The maximum absolute atomic E-state index is 12.1. The third kappa shape index (κ3) is 5.75. The zero-order chi connectivity index (χ0) is 20.0. The van der Waals surface area contributed by atoms with E-state index in [-0.39, 0.29) is 5.75 Å². The third-order valence-electron chi connectivity index (χ3n) is 5.45. The molecule has 2 N–H and O–H groups in total. The van der Waals surface area contributed by atoms with Crippen molar-refractivity contribution in [1.82, 2.24) is 14.9 Å². The van der Waals surface area contributed by atoms with E-state index < -0.39 is 10.0 Å². The van der Waals surface area contributed by atoms with Gasteiger partial charge in [0.15, 0.2) is 5.96 Å². The standard InChI is InChI=1S/C19H30ClN5O2S/c1-21-19(22-9-14-28(26,27)23-15-16-5-4-6-16)25-12-10-24(11-13-25)18-8-3-2-7-17(18)20/h2-3,7-8,16,23H,4-6,9-15H2,1H3,(H,21,22). The summed E-state index contributed by atoms with van der Waals surface area (Å²) in [5.74, 6) is 1.32. The van der Waals surface area contributed by atoms with E-state index in [1.165, 1.54) is 6.42 Å². The summed E-state index contributed by atoms with van der Waals surface area (Å²) in [6.07, 6.45) is 3.48. The molecule has 1 aromatic rings. The van der Waals surface area contributed by atoms with Crippen LogP contribution in [0.25, 0.3) is 0 Å². The van der Waals surface area contributed by atoms with E-state index >= 15 is 0 Å². The fourth-order valence-corrected chi connectivity index (χ4v) is 4.77. The Kier molecular flexibility index (Phi) is 7.42. The summed E-state index contributed by atoms with van der Waals surface area (Å²) >= 11 is 6.30. The average Bonchev–Trinajstić information content (AvgIpc) is 2.65. The molecule has 0 radical (unpaired) electrons. The first-order valence-corrected chi connectivity index (χ1v) is 11.9. The largest absolute Gasteiger partial charge is 0.367 e. The van der Waals surface area contributed by atoms with Crippen LogP contribution < -0.4 is 14.9 Å². The highest BCUT2D eigenvalue weighted by Gasteiger charge is 2.22. The van der Waals surface area contributed by atoms with Crippen LogP contribution in [0.5, 0.6) is 0 Å². The van der Waals surface area contributed by atoms with Crippen LogP contribution in [0.1, 0.15) is 19.3 Å². The number of para-hydroxylation sites is 1. The molecule has 1 saturated carbocycles. The highest BCUT2D eigenvalue weighted by Crippen LogP contribution is 2.26. The third-order valence-corrected chi connectivity index (χ3v) is 7.12. The van der Waals surface area contributed by atoms with Crippen molar-refractivity contribution in [2.24, 2.45) is 10.9 Å². The molecule has 0 bridgehead atoms. The van der Waals surface area contributed by atoms with Gasteiger partial charge in [0.1, 0.15) is 0 Å². The lowest BCUT2D eigenvalue weighted by Gasteiger charge is -2.38. The predicted octanol–water partition coefficient (Wildman–Crippen LogP) is 1.76. The number of hydrogen-bond acceptors (Lipinski definition) is 4. The smallest absolute Gasteiger partial charge is 0.213 e.